The summed E-state index contributed by atoms with van der Waals surface area (Å²) in [7, 11) is 4.10. The van der Waals surface area contributed by atoms with Gasteiger partial charge in [0.1, 0.15) is 0 Å². The second kappa shape index (κ2) is 5.84. The van der Waals surface area contributed by atoms with Crippen molar-refractivity contribution >= 4 is 17.4 Å². The molecule has 2 aliphatic rings. The molecule has 1 heterocycles. The number of carbonyl (C=O) groups excluding carboxylic acids is 1. The van der Waals surface area contributed by atoms with Crippen molar-refractivity contribution in [2.24, 2.45) is 0 Å². The Bertz CT molecular complexity index is 488. The van der Waals surface area contributed by atoms with Gasteiger partial charge in [-0.25, -0.2) is 4.79 Å². The first-order valence-electron chi connectivity index (χ1n) is 7.71. The van der Waals surface area contributed by atoms with Crippen LogP contribution in [0.15, 0.2) is 24.3 Å². The molecule has 0 radical (unpaired) electrons. The predicted octanol–water partition coefficient (Wildman–Crippen LogP) is 1.75. The average Bonchev–Trinajstić information content (AvgIpc) is 3.31. The number of carbonyl (C=O) groups is 1. The van der Waals surface area contributed by atoms with Crippen molar-refractivity contribution in [2.75, 3.05) is 50.1 Å². The average molecular weight is 288 g/mol. The standard InChI is InChI=1S/C16H24N4O/c1-18(2)14-5-7-15(8-6-14)19-9-11-20(12-10-19)16(21)17-13-3-4-13/h5-8,13H,3-4,9-12H2,1-2H3,(H,17,21). The molecule has 2 fully saturated rings. The monoisotopic (exact) mass is 288 g/mol. The van der Waals surface area contributed by atoms with Gasteiger partial charge in [-0.3, -0.25) is 0 Å². The summed E-state index contributed by atoms with van der Waals surface area (Å²) in [6.45, 7) is 3.40. The summed E-state index contributed by atoms with van der Waals surface area (Å²) in [5.74, 6) is 0. The minimum absolute atomic E-state index is 0.111. The summed E-state index contributed by atoms with van der Waals surface area (Å²) in [6, 6.07) is 9.15. The molecule has 0 unspecified atom stereocenters. The maximum absolute atomic E-state index is 12.0. The van der Waals surface area contributed by atoms with Gasteiger partial charge in [0.25, 0.3) is 0 Å². The summed E-state index contributed by atoms with van der Waals surface area (Å²) in [5, 5.41) is 3.06. The molecular weight excluding hydrogens is 264 g/mol. The van der Waals surface area contributed by atoms with Crippen LogP contribution in [0.4, 0.5) is 16.2 Å². The highest BCUT2D eigenvalue weighted by Crippen LogP contribution is 2.22. The van der Waals surface area contributed by atoms with Crippen LogP contribution in [0.2, 0.25) is 0 Å². The molecule has 1 saturated carbocycles. The summed E-state index contributed by atoms with van der Waals surface area (Å²) in [6.07, 6.45) is 2.29. The van der Waals surface area contributed by atoms with Crippen molar-refractivity contribution in [3.8, 4) is 0 Å². The Kier molecular flexibility index (Phi) is 3.90. The van der Waals surface area contributed by atoms with Gasteiger partial charge < -0.3 is 20.0 Å². The molecule has 5 nitrogen and oxygen atoms in total. The van der Waals surface area contributed by atoms with Crippen molar-refractivity contribution < 1.29 is 4.79 Å². The van der Waals surface area contributed by atoms with Gasteiger partial charge in [0, 0.05) is 57.7 Å². The van der Waals surface area contributed by atoms with Crippen molar-refractivity contribution in [3.05, 3.63) is 24.3 Å². The molecule has 0 bridgehead atoms. The highest BCUT2D eigenvalue weighted by molar-refractivity contribution is 5.75. The third kappa shape index (κ3) is 3.40. The second-order valence-corrected chi connectivity index (χ2v) is 6.11. The van der Waals surface area contributed by atoms with Gasteiger partial charge in [-0.2, -0.15) is 0 Å². The van der Waals surface area contributed by atoms with Crippen molar-refractivity contribution in [1.82, 2.24) is 10.2 Å². The smallest absolute Gasteiger partial charge is 0.317 e. The summed E-state index contributed by atoms with van der Waals surface area (Å²) < 4.78 is 0. The lowest BCUT2D eigenvalue weighted by atomic mass is 10.2. The molecule has 3 rings (SSSR count). The van der Waals surface area contributed by atoms with E-state index in [4.69, 9.17) is 0 Å². The minimum atomic E-state index is 0.111. The Morgan fingerprint density at radius 2 is 1.71 bits per heavy atom. The van der Waals surface area contributed by atoms with E-state index in [1.165, 1.54) is 11.4 Å². The van der Waals surface area contributed by atoms with Gasteiger partial charge in [-0.1, -0.05) is 0 Å². The number of hydrogen-bond acceptors (Lipinski definition) is 3. The highest BCUT2D eigenvalue weighted by atomic mass is 16.2. The second-order valence-electron chi connectivity index (χ2n) is 6.11. The van der Waals surface area contributed by atoms with Crippen LogP contribution in [0.3, 0.4) is 0 Å². The molecule has 5 heteroatoms. The zero-order valence-electron chi connectivity index (χ0n) is 12.9. The molecule has 114 valence electrons. The first kappa shape index (κ1) is 14.0. The lowest BCUT2D eigenvalue weighted by Crippen LogP contribution is -2.52. The number of amides is 2. The van der Waals surface area contributed by atoms with Gasteiger partial charge in [-0.15, -0.1) is 0 Å². The number of rotatable bonds is 3. The number of benzene rings is 1. The quantitative estimate of drug-likeness (QED) is 0.921. The van der Waals surface area contributed by atoms with E-state index >= 15 is 0 Å². The van der Waals surface area contributed by atoms with Crippen LogP contribution >= 0.6 is 0 Å². The maximum atomic E-state index is 12.0. The van der Waals surface area contributed by atoms with Gasteiger partial charge in [0.2, 0.25) is 0 Å². The zero-order chi connectivity index (χ0) is 14.8. The summed E-state index contributed by atoms with van der Waals surface area (Å²) in [5.41, 5.74) is 2.45. The molecule has 1 aromatic carbocycles. The largest absolute Gasteiger partial charge is 0.378 e. The normalized spacial score (nSPS) is 18.6. The third-order valence-corrected chi connectivity index (χ3v) is 4.20. The van der Waals surface area contributed by atoms with Crippen LogP contribution < -0.4 is 15.1 Å². The van der Waals surface area contributed by atoms with Crippen LogP contribution in [-0.4, -0.2) is 57.2 Å². The fraction of sp³-hybridized carbons (Fsp3) is 0.562. The van der Waals surface area contributed by atoms with Gasteiger partial charge in [0.15, 0.2) is 0 Å². The topological polar surface area (TPSA) is 38.8 Å². The third-order valence-electron chi connectivity index (χ3n) is 4.20. The Morgan fingerprint density at radius 3 is 2.24 bits per heavy atom. The fourth-order valence-electron chi connectivity index (χ4n) is 2.62. The Labute approximate surface area is 126 Å². The van der Waals surface area contributed by atoms with E-state index in [2.05, 4.69) is 39.4 Å². The summed E-state index contributed by atoms with van der Waals surface area (Å²) in [4.78, 5) is 18.4. The Balaban J connectivity index is 1.53. The van der Waals surface area contributed by atoms with Crippen molar-refractivity contribution in [1.29, 1.82) is 0 Å². The molecule has 1 aliphatic carbocycles. The minimum Gasteiger partial charge on any atom is -0.378 e. The van der Waals surface area contributed by atoms with Gasteiger partial charge >= 0.3 is 6.03 Å². The number of urea groups is 1. The molecule has 2 amide bonds. The molecule has 0 atom stereocenters. The van der Waals surface area contributed by atoms with Crippen LogP contribution in [0.25, 0.3) is 0 Å². The lowest BCUT2D eigenvalue weighted by molar-refractivity contribution is 0.194. The van der Waals surface area contributed by atoms with Crippen LogP contribution in [0.1, 0.15) is 12.8 Å². The maximum Gasteiger partial charge on any atom is 0.317 e. The first-order valence-corrected chi connectivity index (χ1v) is 7.71. The molecule has 1 aromatic rings. The van der Waals surface area contributed by atoms with Crippen molar-refractivity contribution in [3.63, 3.8) is 0 Å². The number of nitrogens with one attached hydrogen (secondary N) is 1. The van der Waals surface area contributed by atoms with E-state index in [9.17, 15) is 4.79 Å². The van der Waals surface area contributed by atoms with E-state index in [-0.39, 0.29) is 6.03 Å². The number of anilines is 2. The van der Waals surface area contributed by atoms with Gasteiger partial charge in [0.05, 0.1) is 0 Å². The van der Waals surface area contributed by atoms with Crippen LogP contribution in [0, 0.1) is 0 Å². The van der Waals surface area contributed by atoms with E-state index in [1.54, 1.807) is 0 Å². The highest BCUT2D eigenvalue weighted by Gasteiger charge is 2.27. The summed E-state index contributed by atoms with van der Waals surface area (Å²) >= 11 is 0. The Hall–Kier alpha value is -1.91. The SMILES string of the molecule is CN(C)c1ccc(N2CCN(C(=O)NC3CC3)CC2)cc1. The van der Waals surface area contributed by atoms with Crippen LogP contribution in [0.5, 0.6) is 0 Å². The van der Waals surface area contributed by atoms with Gasteiger partial charge in [-0.05, 0) is 37.1 Å². The molecule has 1 aliphatic heterocycles. The number of hydrogen-bond donors (Lipinski definition) is 1. The van der Waals surface area contributed by atoms with E-state index in [0.29, 0.717) is 6.04 Å². The zero-order valence-corrected chi connectivity index (χ0v) is 12.9. The lowest BCUT2D eigenvalue weighted by Gasteiger charge is -2.36. The molecule has 0 spiro atoms. The fourth-order valence-corrected chi connectivity index (χ4v) is 2.62. The molecular formula is C16H24N4O. The van der Waals surface area contributed by atoms with E-state index < -0.39 is 0 Å². The predicted molar refractivity (Wildman–Crippen MR) is 86.1 cm³/mol. The van der Waals surface area contributed by atoms with E-state index in [1.807, 2.05) is 19.0 Å². The Morgan fingerprint density at radius 1 is 1.10 bits per heavy atom. The first-order chi connectivity index (χ1) is 10.1. The number of nitrogens with zero attached hydrogens (tertiary/aromatic N) is 3. The molecule has 0 aromatic heterocycles. The molecule has 21 heavy (non-hydrogen) atoms. The number of piperazine rings is 1. The van der Waals surface area contributed by atoms with Crippen molar-refractivity contribution in [2.45, 2.75) is 18.9 Å². The van der Waals surface area contributed by atoms with E-state index in [0.717, 1.165) is 39.0 Å². The molecule has 1 saturated heterocycles. The molecule has 1 N–H and O–H groups in total. The van der Waals surface area contributed by atoms with Crippen LogP contribution in [-0.2, 0) is 0 Å².